The van der Waals surface area contributed by atoms with E-state index in [1.54, 1.807) is 24.4 Å². The quantitative estimate of drug-likeness (QED) is 0.306. The number of β-amino-alcohol motifs (C(OH)–C–C–N with tert-alkyl or cyclic N) is 1. The smallest absolute Gasteiger partial charge is 0.306 e. The number of aromatic nitrogens is 1. The van der Waals surface area contributed by atoms with E-state index < -0.39 is 28.0 Å². The molecule has 2 bridgehead atoms. The lowest BCUT2D eigenvalue weighted by Crippen LogP contribution is -2.42. The van der Waals surface area contributed by atoms with Gasteiger partial charge in [-0.05, 0) is 55.0 Å². The summed E-state index contributed by atoms with van der Waals surface area (Å²) < 4.78 is 59.6. The van der Waals surface area contributed by atoms with Crippen molar-refractivity contribution in [1.29, 1.82) is 0 Å². The second-order valence-corrected chi connectivity index (χ2v) is 15.8. The summed E-state index contributed by atoms with van der Waals surface area (Å²) in [5.74, 6) is 0.0592. The van der Waals surface area contributed by atoms with Crippen LogP contribution in [0.4, 0.5) is 0 Å². The van der Waals surface area contributed by atoms with Crippen LogP contribution in [0.15, 0.2) is 70.4 Å². The first-order valence-corrected chi connectivity index (χ1v) is 19.0. The summed E-state index contributed by atoms with van der Waals surface area (Å²) in [5.41, 5.74) is 2.16. The van der Waals surface area contributed by atoms with Crippen LogP contribution in [0.3, 0.4) is 0 Å². The van der Waals surface area contributed by atoms with E-state index in [2.05, 4.69) is 4.98 Å². The lowest BCUT2D eigenvalue weighted by molar-refractivity contribution is -0.178. The Bertz CT molecular complexity index is 1650. The van der Waals surface area contributed by atoms with Gasteiger partial charge in [-0.25, -0.2) is 13.4 Å². The molecule has 4 aliphatic rings. The number of hydrogen-bond donors (Lipinski definition) is 1. The van der Waals surface area contributed by atoms with Crippen molar-refractivity contribution in [3.8, 4) is 11.3 Å². The number of aliphatic hydroxyl groups excluding tert-OH is 1. The van der Waals surface area contributed by atoms with Crippen molar-refractivity contribution in [2.24, 2.45) is 23.7 Å². The van der Waals surface area contributed by atoms with Crippen molar-refractivity contribution in [2.45, 2.75) is 81.4 Å². The number of benzene rings is 2. The molecule has 3 aromatic rings. The van der Waals surface area contributed by atoms with Gasteiger partial charge in [0.25, 0.3) is 0 Å². The average molecular weight is 695 g/mol. The lowest BCUT2D eigenvalue weighted by atomic mass is 9.90. The number of esters is 1. The molecule has 264 valence electrons. The summed E-state index contributed by atoms with van der Waals surface area (Å²) in [6.07, 6.45) is 6.94. The van der Waals surface area contributed by atoms with Gasteiger partial charge >= 0.3 is 5.97 Å². The molecule has 2 saturated heterocycles. The van der Waals surface area contributed by atoms with E-state index in [-0.39, 0.29) is 61.2 Å². The standard InChI is InChI=1S/C37H46N2O9S/c40-32(27(15-25-9-5-4-6-10-25)18-35(41)48-36-29-17-30-31(36)23-46-37(30)45-22-29)20-39-13-7-2-1-3-8-14-44-21-28-16-26(33-19-38-24-47-33)11-12-34(28)49(39,42)43/h4-6,9-12,16,19,24,27,29-32,36-37,40H,1-3,7-8,13-15,17-18,20-23H2/t27-,29?,30?,31-,32-,36+,37+/m1/s1. The summed E-state index contributed by atoms with van der Waals surface area (Å²) in [6, 6.07) is 14.7. The minimum atomic E-state index is -4.07. The topological polar surface area (TPSA) is 138 Å². The van der Waals surface area contributed by atoms with Crippen LogP contribution in [0.25, 0.3) is 11.3 Å². The second-order valence-electron chi connectivity index (χ2n) is 13.9. The van der Waals surface area contributed by atoms with Gasteiger partial charge in [0.15, 0.2) is 18.4 Å². The zero-order valence-corrected chi connectivity index (χ0v) is 28.5. The fraction of sp³-hybridized carbons (Fsp3) is 0.568. The molecule has 1 aliphatic carbocycles. The molecule has 49 heavy (non-hydrogen) atoms. The van der Waals surface area contributed by atoms with Gasteiger partial charge in [-0.15, -0.1) is 0 Å². The third kappa shape index (κ3) is 7.79. The van der Waals surface area contributed by atoms with Gasteiger partial charge in [0, 0.05) is 48.9 Å². The number of fused-ring (bicyclic) bond motifs is 2. The SMILES string of the molecule is O=C(C[C@@H](Cc1ccccc1)[C@H](O)CN1CCCCCCCOCc2cc(-c3cnco3)ccc2S1(=O)=O)O[C@H]1C2CO[C@H]3OC[C@@H]1C3C2. The number of sulfonamides is 1. The second kappa shape index (κ2) is 15.4. The number of hydrogen-bond acceptors (Lipinski definition) is 10. The molecular weight excluding hydrogens is 648 g/mol. The fourth-order valence-corrected chi connectivity index (χ4v) is 9.68. The fourth-order valence-electron chi connectivity index (χ4n) is 7.99. The first-order chi connectivity index (χ1) is 23.9. The van der Waals surface area contributed by atoms with Crippen molar-refractivity contribution in [3.05, 3.63) is 72.2 Å². The van der Waals surface area contributed by atoms with Crippen LogP contribution in [-0.4, -0.2) is 80.2 Å². The third-order valence-electron chi connectivity index (χ3n) is 10.6. The monoisotopic (exact) mass is 694 g/mol. The number of oxazole rings is 1. The van der Waals surface area contributed by atoms with Crippen LogP contribution < -0.4 is 0 Å². The molecule has 4 heterocycles. The minimum absolute atomic E-state index is 0.0410. The summed E-state index contributed by atoms with van der Waals surface area (Å²) in [7, 11) is -4.07. The maximum absolute atomic E-state index is 14.5. The van der Waals surface area contributed by atoms with Gasteiger partial charge in [0.2, 0.25) is 10.0 Å². The molecule has 3 aliphatic heterocycles. The van der Waals surface area contributed by atoms with Crippen LogP contribution in [0.5, 0.6) is 0 Å². The molecule has 3 fully saturated rings. The molecule has 2 aromatic carbocycles. The Balaban J connectivity index is 1.13. The van der Waals surface area contributed by atoms with Gasteiger partial charge in [-0.2, -0.15) is 4.31 Å². The maximum Gasteiger partial charge on any atom is 0.306 e. The Labute approximate surface area is 287 Å². The number of nitrogens with zero attached hydrogens (tertiary/aromatic N) is 2. The van der Waals surface area contributed by atoms with Crippen LogP contribution in [0.1, 0.15) is 56.1 Å². The lowest BCUT2D eigenvalue weighted by Gasteiger charge is -2.31. The zero-order valence-electron chi connectivity index (χ0n) is 27.7. The largest absolute Gasteiger partial charge is 0.462 e. The molecule has 1 aromatic heterocycles. The van der Waals surface area contributed by atoms with E-state index in [0.29, 0.717) is 49.5 Å². The highest BCUT2D eigenvalue weighted by Crippen LogP contribution is 2.49. The van der Waals surface area contributed by atoms with E-state index in [4.69, 9.17) is 23.4 Å². The molecule has 0 spiro atoms. The highest BCUT2D eigenvalue weighted by Gasteiger charge is 2.56. The molecule has 7 rings (SSSR count). The average Bonchev–Trinajstić information content (AvgIpc) is 3.84. The van der Waals surface area contributed by atoms with Gasteiger partial charge in [0.05, 0.1) is 43.4 Å². The molecule has 12 heteroatoms. The highest BCUT2D eigenvalue weighted by molar-refractivity contribution is 7.89. The van der Waals surface area contributed by atoms with E-state index in [0.717, 1.165) is 37.7 Å². The van der Waals surface area contributed by atoms with Crippen LogP contribution >= 0.6 is 0 Å². The van der Waals surface area contributed by atoms with Gasteiger partial charge in [0.1, 0.15) is 6.10 Å². The Morgan fingerprint density at radius 2 is 1.84 bits per heavy atom. The maximum atomic E-state index is 14.5. The zero-order chi connectivity index (χ0) is 33.8. The molecule has 0 radical (unpaired) electrons. The molecule has 0 amide bonds. The van der Waals surface area contributed by atoms with E-state index >= 15 is 0 Å². The molecule has 2 unspecified atom stereocenters. The number of carbonyl (C=O) groups is 1. The van der Waals surface area contributed by atoms with Crippen molar-refractivity contribution < 1.29 is 41.7 Å². The van der Waals surface area contributed by atoms with Crippen molar-refractivity contribution in [3.63, 3.8) is 0 Å². The predicted molar refractivity (Wildman–Crippen MR) is 178 cm³/mol. The molecule has 1 saturated carbocycles. The minimum Gasteiger partial charge on any atom is -0.462 e. The number of carbonyl (C=O) groups excluding carboxylic acids is 1. The van der Waals surface area contributed by atoms with Crippen LogP contribution in [0, 0.1) is 23.7 Å². The first-order valence-electron chi connectivity index (χ1n) is 17.6. The highest BCUT2D eigenvalue weighted by atomic mass is 32.2. The summed E-state index contributed by atoms with van der Waals surface area (Å²) >= 11 is 0. The van der Waals surface area contributed by atoms with E-state index in [1.165, 1.54) is 10.7 Å². The summed E-state index contributed by atoms with van der Waals surface area (Å²) in [5, 5.41) is 11.9. The van der Waals surface area contributed by atoms with Gasteiger partial charge in [-0.3, -0.25) is 4.79 Å². The van der Waals surface area contributed by atoms with Crippen molar-refractivity contribution in [2.75, 3.05) is 32.9 Å². The third-order valence-corrected chi connectivity index (χ3v) is 12.6. The van der Waals surface area contributed by atoms with Gasteiger partial charge in [-0.1, -0.05) is 49.6 Å². The Hall–Kier alpha value is -3.13. The van der Waals surface area contributed by atoms with Crippen molar-refractivity contribution in [1.82, 2.24) is 9.29 Å². The van der Waals surface area contributed by atoms with E-state index in [9.17, 15) is 18.3 Å². The Morgan fingerprint density at radius 3 is 2.67 bits per heavy atom. The molecular formula is C37H46N2O9S. The Morgan fingerprint density at radius 1 is 1.02 bits per heavy atom. The normalized spacial score (nSPS) is 28.4. The summed E-state index contributed by atoms with van der Waals surface area (Å²) in [4.78, 5) is 17.7. The first kappa shape index (κ1) is 34.3. The Kier molecular flexibility index (Phi) is 10.8. The number of ether oxygens (including phenoxy) is 4. The summed E-state index contributed by atoms with van der Waals surface area (Å²) in [6.45, 7) is 1.77. The molecule has 7 atom stereocenters. The number of aliphatic hydroxyl groups is 1. The van der Waals surface area contributed by atoms with Crippen molar-refractivity contribution >= 4 is 16.0 Å². The van der Waals surface area contributed by atoms with Crippen LogP contribution in [-0.2, 0) is 46.8 Å². The number of rotatable bonds is 9. The molecule has 11 nitrogen and oxygen atoms in total. The van der Waals surface area contributed by atoms with Gasteiger partial charge < -0.3 is 28.5 Å². The van der Waals surface area contributed by atoms with Crippen LogP contribution in [0.2, 0.25) is 0 Å². The van der Waals surface area contributed by atoms with E-state index in [1.807, 2.05) is 30.3 Å². The molecule has 1 N–H and O–H groups in total. The predicted octanol–water partition coefficient (Wildman–Crippen LogP) is 4.97.